The predicted octanol–water partition coefficient (Wildman–Crippen LogP) is 2.07. The fraction of sp³-hybridized carbons (Fsp3) is 0.400. The molecule has 1 aliphatic rings. The molecule has 2 rings (SSSR count). The molecule has 1 aromatic carbocycles. The maximum Gasteiger partial charge on any atom is 0.123 e. The quantitative estimate of drug-likeness (QED) is 0.595. The van der Waals surface area contributed by atoms with Crippen molar-refractivity contribution in [3.63, 3.8) is 0 Å². The van der Waals surface area contributed by atoms with E-state index < -0.39 is 0 Å². The van der Waals surface area contributed by atoms with Crippen molar-refractivity contribution >= 4 is 0 Å². The van der Waals surface area contributed by atoms with Gasteiger partial charge in [-0.2, -0.15) is 0 Å². The lowest BCUT2D eigenvalue weighted by Gasteiger charge is -2.14. The van der Waals surface area contributed by atoms with Crippen LogP contribution in [0.15, 0.2) is 12.1 Å². The predicted molar refractivity (Wildman–Crippen MR) is 43.6 cm³/mol. The lowest BCUT2D eigenvalue weighted by atomic mass is 9.92. The summed E-state index contributed by atoms with van der Waals surface area (Å²) in [7, 11) is 0. The van der Waals surface area contributed by atoms with Crippen LogP contribution in [0.25, 0.3) is 0 Å². The molecule has 0 saturated heterocycles. The Labute approximate surface area is 66.7 Å². The number of phenols is 1. The Morgan fingerprint density at radius 3 is 2.73 bits per heavy atom. The van der Waals surface area contributed by atoms with E-state index in [2.05, 4.69) is 6.07 Å². The summed E-state index contributed by atoms with van der Waals surface area (Å²) in [5.41, 5.74) is 2.68. The molecule has 1 heteroatoms. The Bertz CT molecular complexity index is 266. The zero-order chi connectivity index (χ0) is 7.68. The molecule has 57 valence electrons. The first-order chi connectivity index (χ1) is 5.36. The molecule has 0 aliphatic heterocycles. The molecule has 1 aromatic rings. The van der Waals surface area contributed by atoms with Gasteiger partial charge in [-0.05, 0) is 48.9 Å². The Balaban J connectivity index is 2.43. The van der Waals surface area contributed by atoms with E-state index in [0.717, 1.165) is 12.8 Å². The third-order valence-electron chi connectivity index (χ3n) is 2.26. The topological polar surface area (TPSA) is 20.2 Å². The molecule has 1 N–H and O–H groups in total. The lowest BCUT2D eigenvalue weighted by Crippen LogP contribution is -2.01. The number of aromatic hydroxyl groups is 1. The minimum Gasteiger partial charge on any atom is -0.507 e. The number of hydrogen-bond acceptors (Lipinski definition) is 1. The van der Waals surface area contributed by atoms with E-state index in [1.54, 1.807) is 0 Å². The van der Waals surface area contributed by atoms with Crippen molar-refractivity contribution in [2.24, 2.45) is 0 Å². The fourth-order valence-electron chi connectivity index (χ4n) is 1.65. The lowest BCUT2D eigenvalue weighted by molar-refractivity contribution is 0.472. The van der Waals surface area contributed by atoms with Gasteiger partial charge < -0.3 is 5.11 Å². The zero-order valence-electron chi connectivity index (χ0n) is 6.43. The van der Waals surface area contributed by atoms with Crippen molar-refractivity contribution in [2.45, 2.75) is 25.7 Å². The van der Waals surface area contributed by atoms with E-state index in [0.29, 0.717) is 0 Å². The molecule has 11 heavy (non-hydrogen) atoms. The van der Waals surface area contributed by atoms with Crippen LogP contribution in [0.3, 0.4) is 0 Å². The Hall–Kier alpha value is -0.980. The average molecular weight is 147 g/mol. The number of fused-ring (bicyclic) bond motifs is 1. The molecule has 0 unspecified atom stereocenters. The van der Waals surface area contributed by atoms with Gasteiger partial charge in [0.1, 0.15) is 5.75 Å². The normalized spacial score (nSPS) is 16.0. The van der Waals surface area contributed by atoms with E-state index in [1.807, 2.05) is 12.1 Å². The van der Waals surface area contributed by atoms with Crippen LogP contribution in [-0.2, 0) is 12.8 Å². The average Bonchev–Trinajstić information content (AvgIpc) is 2.04. The fourth-order valence-corrected chi connectivity index (χ4v) is 1.65. The molecular weight excluding hydrogens is 136 g/mol. The largest absolute Gasteiger partial charge is 0.507 e. The van der Waals surface area contributed by atoms with Gasteiger partial charge in [-0.1, -0.05) is 0 Å². The molecular formula is C10H11O. The summed E-state index contributed by atoms with van der Waals surface area (Å²) in [5, 5.41) is 9.13. The highest BCUT2D eigenvalue weighted by Gasteiger charge is 2.08. The summed E-state index contributed by atoms with van der Waals surface area (Å²) in [6.07, 6.45) is 4.83. The molecule has 0 heterocycles. The highest BCUT2D eigenvalue weighted by atomic mass is 16.3. The van der Waals surface area contributed by atoms with Crippen molar-refractivity contribution in [3.05, 3.63) is 29.3 Å². The Morgan fingerprint density at radius 1 is 1.18 bits per heavy atom. The summed E-state index contributed by atoms with van der Waals surface area (Å²) < 4.78 is 0. The van der Waals surface area contributed by atoms with Crippen LogP contribution in [0.2, 0.25) is 0 Å². The first-order valence-corrected chi connectivity index (χ1v) is 4.09. The maximum atomic E-state index is 9.13. The van der Waals surface area contributed by atoms with Crippen LogP contribution in [0.5, 0.6) is 5.75 Å². The van der Waals surface area contributed by atoms with Crippen molar-refractivity contribution in [2.75, 3.05) is 0 Å². The van der Waals surface area contributed by atoms with Gasteiger partial charge in [-0.25, -0.2) is 0 Å². The molecule has 0 bridgehead atoms. The highest BCUT2D eigenvalue weighted by molar-refractivity contribution is 5.35. The molecule has 0 saturated carbocycles. The second kappa shape index (κ2) is 2.57. The van der Waals surface area contributed by atoms with Crippen LogP contribution in [0.1, 0.15) is 24.0 Å². The van der Waals surface area contributed by atoms with Gasteiger partial charge in [0.25, 0.3) is 0 Å². The number of hydrogen-bond donors (Lipinski definition) is 1. The van der Waals surface area contributed by atoms with Gasteiger partial charge in [0, 0.05) is 6.07 Å². The zero-order valence-corrected chi connectivity index (χ0v) is 6.43. The first-order valence-electron chi connectivity index (χ1n) is 4.09. The number of rotatable bonds is 0. The first kappa shape index (κ1) is 6.71. The maximum absolute atomic E-state index is 9.13. The van der Waals surface area contributed by atoms with Gasteiger partial charge in [-0.15, -0.1) is 0 Å². The van der Waals surface area contributed by atoms with Crippen LogP contribution in [0, 0.1) is 6.07 Å². The molecule has 1 aliphatic carbocycles. The van der Waals surface area contributed by atoms with E-state index >= 15 is 0 Å². The summed E-state index contributed by atoms with van der Waals surface area (Å²) in [6.45, 7) is 0. The van der Waals surface area contributed by atoms with Gasteiger partial charge in [0.15, 0.2) is 0 Å². The van der Waals surface area contributed by atoms with E-state index in [-0.39, 0.29) is 5.75 Å². The number of aryl methyl sites for hydroxylation is 2. The van der Waals surface area contributed by atoms with Gasteiger partial charge in [0.2, 0.25) is 0 Å². The van der Waals surface area contributed by atoms with Crippen LogP contribution < -0.4 is 0 Å². The minimum absolute atomic E-state index is 0.283. The molecule has 0 aromatic heterocycles. The summed E-state index contributed by atoms with van der Waals surface area (Å²) in [5.74, 6) is 0.283. The highest BCUT2D eigenvalue weighted by Crippen LogP contribution is 2.23. The summed E-state index contributed by atoms with van der Waals surface area (Å²) >= 11 is 0. The molecule has 0 fully saturated rings. The van der Waals surface area contributed by atoms with Crippen molar-refractivity contribution in [1.29, 1.82) is 0 Å². The molecule has 1 radical (unpaired) electrons. The van der Waals surface area contributed by atoms with Gasteiger partial charge >= 0.3 is 0 Å². The van der Waals surface area contributed by atoms with Gasteiger partial charge in [-0.3, -0.25) is 0 Å². The standard InChI is InChI=1S/C10H11O/c11-10-6-5-8-3-1-2-4-9(8)7-10/h5,7,11H,1-4H2. The van der Waals surface area contributed by atoms with Crippen LogP contribution >= 0.6 is 0 Å². The van der Waals surface area contributed by atoms with Crippen molar-refractivity contribution < 1.29 is 5.11 Å². The molecule has 0 spiro atoms. The second-order valence-electron chi connectivity index (χ2n) is 3.08. The second-order valence-corrected chi connectivity index (χ2v) is 3.08. The van der Waals surface area contributed by atoms with Crippen LogP contribution in [0.4, 0.5) is 0 Å². The van der Waals surface area contributed by atoms with E-state index in [4.69, 9.17) is 5.11 Å². The van der Waals surface area contributed by atoms with Crippen molar-refractivity contribution in [3.8, 4) is 5.75 Å². The molecule has 0 amide bonds. The third-order valence-corrected chi connectivity index (χ3v) is 2.26. The third kappa shape index (κ3) is 1.23. The molecule has 0 atom stereocenters. The smallest absolute Gasteiger partial charge is 0.123 e. The number of phenolic OH excluding ortho intramolecular Hbond substituents is 1. The monoisotopic (exact) mass is 147 g/mol. The Morgan fingerprint density at radius 2 is 1.91 bits per heavy atom. The summed E-state index contributed by atoms with van der Waals surface area (Å²) in [6, 6.07) is 6.58. The van der Waals surface area contributed by atoms with E-state index in [1.165, 1.54) is 24.0 Å². The Kier molecular flexibility index (Phi) is 1.57. The minimum atomic E-state index is 0.283. The van der Waals surface area contributed by atoms with Crippen LogP contribution in [-0.4, -0.2) is 5.11 Å². The van der Waals surface area contributed by atoms with Gasteiger partial charge in [0.05, 0.1) is 0 Å². The molecule has 1 nitrogen and oxygen atoms in total. The number of benzene rings is 1. The summed E-state index contributed by atoms with van der Waals surface area (Å²) in [4.78, 5) is 0. The SMILES string of the molecule is Oc1[c]cc2c(c1)CCCC2. The van der Waals surface area contributed by atoms with E-state index in [9.17, 15) is 0 Å². The van der Waals surface area contributed by atoms with Crippen molar-refractivity contribution in [1.82, 2.24) is 0 Å².